The summed E-state index contributed by atoms with van der Waals surface area (Å²) in [5.41, 5.74) is 3.89. The summed E-state index contributed by atoms with van der Waals surface area (Å²) in [6.45, 7) is 6.85. The van der Waals surface area contributed by atoms with Crippen molar-refractivity contribution >= 4 is 29.3 Å². The number of aromatic nitrogens is 3. The molecule has 1 atom stereocenters. The van der Waals surface area contributed by atoms with E-state index in [1.807, 2.05) is 92.7 Å². The van der Waals surface area contributed by atoms with Gasteiger partial charge in [0.2, 0.25) is 11.1 Å². The number of allylic oxidation sites excluding steroid dienone is 1. The molecule has 2 heterocycles. The number of nitrogens with one attached hydrogen (secondary N) is 2. The Labute approximate surface area is 238 Å². The monoisotopic (exact) mass is 555 g/mol. The van der Waals surface area contributed by atoms with E-state index in [0.717, 1.165) is 29.0 Å². The van der Waals surface area contributed by atoms with Gasteiger partial charge in [0, 0.05) is 17.1 Å². The van der Waals surface area contributed by atoms with E-state index in [2.05, 4.69) is 17.6 Å². The van der Waals surface area contributed by atoms with Crippen LogP contribution in [0.25, 0.3) is 0 Å². The van der Waals surface area contributed by atoms with Crippen LogP contribution in [0.5, 0.6) is 11.5 Å². The molecule has 1 aliphatic heterocycles. The Hall–Kier alpha value is -4.24. The van der Waals surface area contributed by atoms with Gasteiger partial charge in [-0.25, -0.2) is 4.68 Å². The Balaban J connectivity index is 1.53. The number of hydrogen-bond acceptors (Lipinski definition) is 7. The second kappa shape index (κ2) is 12.7. The molecule has 2 N–H and O–H groups in total. The summed E-state index contributed by atoms with van der Waals surface area (Å²) in [6.07, 6.45) is 1.01. The third-order valence-electron chi connectivity index (χ3n) is 6.37. The van der Waals surface area contributed by atoms with Gasteiger partial charge in [-0.05, 0) is 55.7 Å². The number of ether oxygens (including phenoxy) is 2. The lowest BCUT2D eigenvalue weighted by atomic mass is 9.94. The lowest BCUT2D eigenvalue weighted by Crippen LogP contribution is -2.31. The molecule has 1 aliphatic rings. The van der Waals surface area contributed by atoms with Gasteiger partial charge < -0.3 is 20.1 Å². The van der Waals surface area contributed by atoms with Crippen molar-refractivity contribution in [2.24, 2.45) is 0 Å². The molecule has 9 heteroatoms. The van der Waals surface area contributed by atoms with Crippen LogP contribution >= 0.6 is 11.8 Å². The number of fused-ring (bicyclic) bond motifs is 1. The van der Waals surface area contributed by atoms with Crippen LogP contribution in [0, 0.1) is 0 Å². The first-order chi connectivity index (χ1) is 19.6. The number of nitrogens with zero attached hydrogens (tertiary/aromatic N) is 3. The number of carbonyl (C=O) groups is 1. The summed E-state index contributed by atoms with van der Waals surface area (Å²) in [6, 6.07) is 24.7. The molecule has 0 spiro atoms. The van der Waals surface area contributed by atoms with E-state index >= 15 is 0 Å². The van der Waals surface area contributed by atoms with Crippen LogP contribution in [0.2, 0.25) is 0 Å². The van der Waals surface area contributed by atoms with Crippen molar-refractivity contribution in [1.82, 2.24) is 14.8 Å². The summed E-state index contributed by atoms with van der Waals surface area (Å²) in [4.78, 5) is 18.5. The largest absolute Gasteiger partial charge is 0.490 e. The molecule has 3 aromatic carbocycles. The lowest BCUT2D eigenvalue weighted by molar-refractivity contribution is -0.113. The van der Waals surface area contributed by atoms with E-state index in [1.165, 1.54) is 0 Å². The van der Waals surface area contributed by atoms with E-state index in [1.54, 1.807) is 16.4 Å². The van der Waals surface area contributed by atoms with E-state index in [-0.39, 0.29) is 5.91 Å². The molecule has 8 nitrogen and oxygen atoms in total. The fraction of sp³-hybridized carbons (Fsp3) is 0.258. The highest BCUT2D eigenvalue weighted by Gasteiger charge is 2.35. The predicted octanol–water partition coefficient (Wildman–Crippen LogP) is 6.69. The summed E-state index contributed by atoms with van der Waals surface area (Å²) < 4.78 is 14.0. The Morgan fingerprint density at radius 1 is 1.00 bits per heavy atom. The number of rotatable bonds is 11. The number of hydrogen-bond donors (Lipinski definition) is 2. The lowest BCUT2D eigenvalue weighted by Gasteiger charge is -2.29. The van der Waals surface area contributed by atoms with Crippen LogP contribution in [0.3, 0.4) is 0 Å². The van der Waals surface area contributed by atoms with E-state index in [4.69, 9.17) is 19.6 Å². The number of thioether (sulfide) groups is 1. The fourth-order valence-electron chi connectivity index (χ4n) is 4.53. The summed E-state index contributed by atoms with van der Waals surface area (Å²) in [5, 5.41) is 11.8. The molecule has 40 heavy (non-hydrogen) atoms. The molecular weight excluding hydrogens is 522 g/mol. The minimum Gasteiger partial charge on any atom is -0.490 e. The van der Waals surface area contributed by atoms with Crippen LogP contribution < -0.4 is 20.1 Å². The molecule has 0 saturated carbocycles. The molecule has 0 fully saturated rings. The Morgan fingerprint density at radius 3 is 2.48 bits per heavy atom. The fourth-order valence-corrected chi connectivity index (χ4v) is 5.21. The maximum absolute atomic E-state index is 13.8. The van der Waals surface area contributed by atoms with Crippen LogP contribution in [0.15, 0.2) is 95.3 Å². The number of benzene rings is 3. The molecule has 0 aliphatic carbocycles. The summed E-state index contributed by atoms with van der Waals surface area (Å²) in [5.74, 6) is 2.53. The maximum Gasteiger partial charge on any atom is 0.255 e. The van der Waals surface area contributed by atoms with Gasteiger partial charge in [0.15, 0.2) is 11.5 Å². The van der Waals surface area contributed by atoms with Crippen molar-refractivity contribution in [3.05, 3.63) is 101 Å². The molecular formula is C31H33N5O3S. The molecule has 0 saturated heterocycles. The number of amides is 1. The predicted molar refractivity (Wildman–Crippen MR) is 159 cm³/mol. The SMILES string of the molecule is CCCSc1nc2n(n1)C(c1ccc(OCc3ccccc3)c(OCC)c1)C(C(=O)Nc1ccccc1)=C(C)N2. The molecule has 0 radical (unpaired) electrons. The summed E-state index contributed by atoms with van der Waals surface area (Å²) in [7, 11) is 0. The Morgan fingerprint density at radius 2 is 1.75 bits per heavy atom. The first kappa shape index (κ1) is 27.3. The average Bonchev–Trinajstić information content (AvgIpc) is 3.38. The van der Waals surface area contributed by atoms with Gasteiger partial charge in [-0.3, -0.25) is 4.79 Å². The van der Waals surface area contributed by atoms with Crippen molar-refractivity contribution < 1.29 is 14.3 Å². The van der Waals surface area contributed by atoms with Crippen LogP contribution in [-0.2, 0) is 11.4 Å². The van der Waals surface area contributed by atoms with E-state index in [9.17, 15) is 4.79 Å². The van der Waals surface area contributed by atoms with Gasteiger partial charge in [0.05, 0.1) is 12.2 Å². The van der Waals surface area contributed by atoms with Crippen LogP contribution in [-0.4, -0.2) is 33.0 Å². The standard InChI is InChI=1S/C31H33N5O3S/c1-4-18-40-31-34-30-32-21(3)27(29(37)33-24-14-10-7-11-15-24)28(36(30)35-31)23-16-17-25(26(19-23)38-5-2)39-20-22-12-8-6-9-13-22/h6-17,19,28H,4-5,18,20H2,1-3H3,(H,33,37)(H,32,34,35). The number of anilines is 2. The second-order valence-electron chi connectivity index (χ2n) is 9.31. The smallest absolute Gasteiger partial charge is 0.255 e. The zero-order valence-electron chi connectivity index (χ0n) is 22.9. The van der Waals surface area contributed by atoms with Gasteiger partial charge in [0.25, 0.3) is 5.91 Å². The highest BCUT2D eigenvalue weighted by Crippen LogP contribution is 2.40. The molecule has 1 aromatic heterocycles. The number of para-hydroxylation sites is 1. The van der Waals surface area contributed by atoms with Crippen molar-refractivity contribution in [3.63, 3.8) is 0 Å². The van der Waals surface area contributed by atoms with Crippen LogP contribution in [0.4, 0.5) is 11.6 Å². The van der Waals surface area contributed by atoms with Crippen molar-refractivity contribution in [3.8, 4) is 11.5 Å². The zero-order chi connectivity index (χ0) is 27.9. The molecule has 4 aromatic rings. The highest BCUT2D eigenvalue weighted by atomic mass is 32.2. The highest BCUT2D eigenvalue weighted by molar-refractivity contribution is 7.99. The first-order valence-electron chi connectivity index (χ1n) is 13.4. The van der Waals surface area contributed by atoms with Gasteiger partial charge >= 0.3 is 0 Å². The normalized spacial score (nSPS) is 14.3. The Bertz CT molecular complexity index is 1490. The van der Waals surface area contributed by atoms with Gasteiger partial charge in [0.1, 0.15) is 12.6 Å². The van der Waals surface area contributed by atoms with Crippen molar-refractivity contribution in [1.29, 1.82) is 0 Å². The summed E-state index contributed by atoms with van der Waals surface area (Å²) >= 11 is 1.60. The second-order valence-corrected chi connectivity index (χ2v) is 10.4. The van der Waals surface area contributed by atoms with Gasteiger partial charge in [-0.2, -0.15) is 4.98 Å². The number of carbonyl (C=O) groups excluding carboxylic acids is 1. The maximum atomic E-state index is 13.8. The minimum absolute atomic E-state index is 0.215. The topological polar surface area (TPSA) is 90.3 Å². The molecule has 206 valence electrons. The quantitative estimate of drug-likeness (QED) is 0.199. The molecule has 1 unspecified atom stereocenters. The minimum atomic E-state index is -0.522. The van der Waals surface area contributed by atoms with Gasteiger partial charge in [-0.1, -0.05) is 73.3 Å². The van der Waals surface area contributed by atoms with Crippen molar-refractivity contribution in [2.75, 3.05) is 23.0 Å². The van der Waals surface area contributed by atoms with E-state index in [0.29, 0.717) is 47.1 Å². The molecule has 0 bridgehead atoms. The van der Waals surface area contributed by atoms with Gasteiger partial charge in [-0.15, -0.1) is 5.10 Å². The van der Waals surface area contributed by atoms with E-state index < -0.39 is 6.04 Å². The molecule has 1 amide bonds. The third kappa shape index (κ3) is 6.15. The molecule has 5 rings (SSSR count). The zero-order valence-corrected chi connectivity index (χ0v) is 23.7. The Kier molecular flexibility index (Phi) is 8.71. The van der Waals surface area contributed by atoms with Crippen LogP contribution in [0.1, 0.15) is 44.4 Å². The van der Waals surface area contributed by atoms with Crippen molar-refractivity contribution in [2.45, 2.75) is 45.0 Å². The average molecular weight is 556 g/mol. The first-order valence-corrected chi connectivity index (χ1v) is 14.4. The third-order valence-corrected chi connectivity index (χ3v) is 7.41.